The van der Waals surface area contributed by atoms with Crippen molar-refractivity contribution >= 4 is 29.3 Å². The van der Waals surface area contributed by atoms with Gasteiger partial charge in [-0.2, -0.15) is 0 Å². The maximum atomic E-state index is 12.3. The Morgan fingerprint density at radius 1 is 1.12 bits per heavy atom. The number of carbonyl (C=O) groups is 3. The molecule has 164 valence electrons. The number of oxazole rings is 1. The highest BCUT2D eigenvalue weighted by Crippen LogP contribution is 2.38. The van der Waals surface area contributed by atoms with Crippen LogP contribution in [0.1, 0.15) is 30.1 Å². The molecule has 3 aromatic rings. The highest BCUT2D eigenvalue weighted by atomic mass is 16.4. The fourth-order valence-electron chi connectivity index (χ4n) is 3.88. The van der Waals surface area contributed by atoms with Crippen molar-refractivity contribution in [1.82, 2.24) is 10.3 Å². The molecule has 9 heteroatoms. The first-order chi connectivity index (χ1) is 15.3. The van der Waals surface area contributed by atoms with E-state index in [0.29, 0.717) is 22.8 Å². The number of hydrogen-bond donors (Lipinski definition) is 2. The third-order valence-electron chi connectivity index (χ3n) is 5.35. The second-order valence-electron chi connectivity index (χ2n) is 7.52. The van der Waals surface area contributed by atoms with Crippen LogP contribution in [0.15, 0.2) is 59.3 Å². The lowest BCUT2D eigenvalue weighted by atomic mass is 9.99. The van der Waals surface area contributed by atoms with E-state index in [-0.39, 0.29) is 30.9 Å². The Morgan fingerprint density at radius 3 is 2.47 bits per heavy atom. The molecular weight excluding hydrogens is 412 g/mol. The van der Waals surface area contributed by atoms with Crippen molar-refractivity contribution in [3.05, 3.63) is 66.4 Å². The molecule has 0 fully saturated rings. The van der Waals surface area contributed by atoms with E-state index in [1.54, 1.807) is 41.3 Å². The second kappa shape index (κ2) is 8.54. The van der Waals surface area contributed by atoms with Crippen molar-refractivity contribution in [3.63, 3.8) is 0 Å². The summed E-state index contributed by atoms with van der Waals surface area (Å²) in [7, 11) is 0. The fraction of sp³-hybridized carbons (Fsp3) is 0.217. The maximum Gasteiger partial charge on any atom is 0.411 e. The van der Waals surface area contributed by atoms with Crippen LogP contribution in [0, 0.1) is 0 Å². The van der Waals surface area contributed by atoms with Crippen LogP contribution in [0.5, 0.6) is 0 Å². The van der Waals surface area contributed by atoms with Crippen LogP contribution >= 0.6 is 0 Å². The van der Waals surface area contributed by atoms with E-state index >= 15 is 0 Å². The Bertz CT molecular complexity index is 1160. The zero-order valence-corrected chi connectivity index (χ0v) is 17.6. The molecule has 0 unspecified atom stereocenters. The van der Waals surface area contributed by atoms with Crippen molar-refractivity contribution in [2.45, 2.75) is 26.4 Å². The number of anilines is 2. The summed E-state index contributed by atoms with van der Waals surface area (Å²) >= 11 is 0. The topological polar surface area (TPSA) is 116 Å². The number of nitrogens with one attached hydrogen (secondary N) is 1. The lowest BCUT2D eigenvalue weighted by molar-refractivity contribution is -0.117. The van der Waals surface area contributed by atoms with Crippen molar-refractivity contribution in [2.24, 2.45) is 0 Å². The van der Waals surface area contributed by atoms with Crippen molar-refractivity contribution in [3.8, 4) is 11.1 Å². The fourth-order valence-corrected chi connectivity index (χ4v) is 3.88. The number of fused-ring (bicyclic) bond motifs is 1. The van der Waals surface area contributed by atoms with E-state index in [1.165, 1.54) is 24.3 Å². The van der Waals surface area contributed by atoms with E-state index in [2.05, 4.69) is 10.3 Å². The molecule has 0 spiro atoms. The minimum atomic E-state index is -1.07. The molecular formula is C23H22N4O5. The summed E-state index contributed by atoms with van der Waals surface area (Å²) in [5, 5.41) is 12.4. The van der Waals surface area contributed by atoms with Gasteiger partial charge in [-0.15, -0.1) is 0 Å². The Balaban J connectivity index is 1.59. The highest BCUT2D eigenvalue weighted by Gasteiger charge is 2.33. The molecule has 1 aliphatic heterocycles. The van der Waals surface area contributed by atoms with Crippen LogP contribution in [0.4, 0.5) is 16.2 Å². The summed E-state index contributed by atoms with van der Waals surface area (Å²) in [4.78, 5) is 43.1. The molecule has 2 heterocycles. The molecule has 1 atom stereocenters. The predicted molar refractivity (Wildman–Crippen MR) is 118 cm³/mol. The number of carboxylic acid groups (broad SMARTS) is 1. The summed E-state index contributed by atoms with van der Waals surface area (Å²) in [6, 6.07) is 12.1. The van der Waals surface area contributed by atoms with Gasteiger partial charge in [0.2, 0.25) is 11.8 Å². The molecule has 1 aliphatic rings. The predicted octanol–water partition coefficient (Wildman–Crippen LogP) is 3.51. The Labute approximate surface area is 184 Å². The van der Waals surface area contributed by atoms with Gasteiger partial charge in [-0.3, -0.25) is 14.5 Å². The SMILES string of the molecule is CC(=O)N1c2ccc(-c3ccc(C(=O)NCc4ncco4)cc3)cc2N(C(=O)O)C[C@@H]1C. The Kier molecular flexibility index (Phi) is 5.63. The Hall–Kier alpha value is -4.14. The van der Waals surface area contributed by atoms with E-state index < -0.39 is 6.09 Å². The van der Waals surface area contributed by atoms with Gasteiger partial charge in [-0.05, 0) is 42.3 Å². The zero-order chi connectivity index (χ0) is 22.8. The lowest BCUT2D eigenvalue weighted by Gasteiger charge is -2.39. The quantitative estimate of drug-likeness (QED) is 0.649. The van der Waals surface area contributed by atoms with Crippen molar-refractivity contribution < 1.29 is 23.9 Å². The summed E-state index contributed by atoms with van der Waals surface area (Å²) in [5.41, 5.74) is 3.08. The largest absolute Gasteiger partial charge is 0.465 e. The van der Waals surface area contributed by atoms with Gasteiger partial charge in [0, 0.05) is 19.0 Å². The van der Waals surface area contributed by atoms with Crippen LogP contribution in [0.2, 0.25) is 0 Å². The first-order valence-corrected chi connectivity index (χ1v) is 10.1. The molecule has 0 saturated heterocycles. The normalized spacial score (nSPS) is 15.2. The summed E-state index contributed by atoms with van der Waals surface area (Å²) in [5.74, 6) is 0.0147. The third-order valence-corrected chi connectivity index (χ3v) is 5.35. The minimum absolute atomic E-state index is 0.142. The molecule has 1 aromatic heterocycles. The number of aromatic nitrogens is 1. The van der Waals surface area contributed by atoms with Crippen LogP contribution in [0.3, 0.4) is 0 Å². The zero-order valence-electron chi connectivity index (χ0n) is 17.6. The summed E-state index contributed by atoms with van der Waals surface area (Å²) in [6.45, 7) is 3.67. The molecule has 0 bridgehead atoms. The summed E-state index contributed by atoms with van der Waals surface area (Å²) < 4.78 is 5.10. The number of hydrogen-bond acceptors (Lipinski definition) is 5. The molecule has 9 nitrogen and oxygen atoms in total. The number of nitrogens with zero attached hydrogens (tertiary/aromatic N) is 3. The molecule has 2 aromatic carbocycles. The summed E-state index contributed by atoms with van der Waals surface area (Å²) in [6.07, 6.45) is 1.88. The first-order valence-electron chi connectivity index (χ1n) is 10.1. The minimum Gasteiger partial charge on any atom is -0.465 e. The van der Waals surface area contributed by atoms with Gasteiger partial charge in [0.05, 0.1) is 30.2 Å². The van der Waals surface area contributed by atoms with Gasteiger partial charge in [0.25, 0.3) is 5.91 Å². The number of carbonyl (C=O) groups excluding carboxylic acids is 2. The monoisotopic (exact) mass is 434 g/mol. The van der Waals surface area contributed by atoms with Crippen molar-refractivity contribution in [1.29, 1.82) is 0 Å². The van der Waals surface area contributed by atoms with Crippen LogP contribution in [-0.4, -0.2) is 40.6 Å². The average Bonchev–Trinajstić information content (AvgIpc) is 3.30. The maximum absolute atomic E-state index is 12.3. The smallest absolute Gasteiger partial charge is 0.411 e. The lowest BCUT2D eigenvalue weighted by Crippen LogP contribution is -2.51. The van der Waals surface area contributed by atoms with E-state index in [0.717, 1.165) is 11.1 Å². The van der Waals surface area contributed by atoms with Crippen LogP contribution < -0.4 is 15.1 Å². The molecule has 2 N–H and O–H groups in total. The molecule has 0 aliphatic carbocycles. The van der Waals surface area contributed by atoms with Gasteiger partial charge in [0.15, 0.2) is 0 Å². The van der Waals surface area contributed by atoms with Gasteiger partial charge in [-0.25, -0.2) is 9.78 Å². The first kappa shape index (κ1) is 21.1. The third kappa shape index (κ3) is 4.04. The molecule has 0 radical (unpaired) electrons. The van der Waals surface area contributed by atoms with E-state index in [9.17, 15) is 19.5 Å². The van der Waals surface area contributed by atoms with Gasteiger partial charge >= 0.3 is 6.09 Å². The number of amides is 3. The Morgan fingerprint density at radius 2 is 1.84 bits per heavy atom. The van der Waals surface area contributed by atoms with Gasteiger partial charge in [-0.1, -0.05) is 18.2 Å². The molecule has 0 saturated carbocycles. The average molecular weight is 434 g/mol. The van der Waals surface area contributed by atoms with E-state index in [4.69, 9.17) is 4.42 Å². The molecule has 32 heavy (non-hydrogen) atoms. The number of benzene rings is 2. The van der Waals surface area contributed by atoms with Crippen LogP contribution in [0.25, 0.3) is 11.1 Å². The van der Waals surface area contributed by atoms with Crippen LogP contribution in [-0.2, 0) is 11.3 Å². The second-order valence-corrected chi connectivity index (χ2v) is 7.52. The van der Waals surface area contributed by atoms with Crippen molar-refractivity contribution in [2.75, 3.05) is 16.3 Å². The molecule has 3 amide bonds. The molecule has 4 rings (SSSR count). The highest BCUT2D eigenvalue weighted by molar-refractivity contribution is 6.03. The van der Waals surface area contributed by atoms with Gasteiger partial charge < -0.3 is 19.7 Å². The number of rotatable bonds is 4. The van der Waals surface area contributed by atoms with Gasteiger partial charge in [0.1, 0.15) is 6.26 Å². The van der Waals surface area contributed by atoms with E-state index in [1.807, 2.05) is 13.0 Å². The standard InChI is InChI=1S/C23H22N4O5/c1-14-13-26(23(30)31)20-11-18(7-8-19(20)27(14)15(2)28)16-3-5-17(6-4-16)22(29)25-12-21-24-9-10-32-21/h3-11,14H,12-13H2,1-2H3,(H,25,29)(H,30,31)/t14-/m0/s1.